The molecule has 0 aliphatic rings. The molecule has 0 radical (unpaired) electrons. The Hall–Kier alpha value is -2.04. The van der Waals surface area contributed by atoms with Crippen molar-refractivity contribution in [3.8, 4) is 18.1 Å². The maximum Gasteiger partial charge on any atom is 0.339 e. The van der Waals surface area contributed by atoms with E-state index >= 15 is 0 Å². The fraction of sp³-hybridized carbons (Fsp3) is 0.357. The number of rotatable bonds is 7. The highest BCUT2D eigenvalue weighted by Gasteiger charge is 2.25. The maximum atomic E-state index is 12.5. The number of nitrogens with zero attached hydrogens (tertiary/aromatic N) is 1. The zero-order chi connectivity index (χ0) is 16.0. The largest absolute Gasteiger partial charge is 0.496 e. The van der Waals surface area contributed by atoms with Gasteiger partial charge in [-0.15, -0.1) is 6.42 Å². The first-order chi connectivity index (χ1) is 9.88. The number of carboxylic acids is 1. The molecule has 0 aliphatic heterocycles. The molecule has 114 valence electrons. The van der Waals surface area contributed by atoms with Crippen LogP contribution in [0.5, 0.6) is 5.75 Å². The first kappa shape index (κ1) is 17.0. The van der Waals surface area contributed by atoms with Gasteiger partial charge in [-0.05, 0) is 24.6 Å². The van der Waals surface area contributed by atoms with Crippen molar-refractivity contribution < 1.29 is 23.1 Å². The average Bonchev–Trinajstić information content (AvgIpc) is 2.46. The number of methoxy groups -OCH3 is 1. The zero-order valence-electron chi connectivity index (χ0n) is 11.9. The van der Waals surface area contributed by atoms with Gasteiger partial charge in [0.2, 0.25) is 10.0 Å². The van der Waals surface area contributed by atoms with Gasteiger partial charge in [-0.2, -0.15) is 4.31 Å². The van der Waals surface area contributed by atoms with Gasteiger partial charge in [-0.25, -0.2) is 13.2 Å². The summed E-state index contributed by atoms with van der Waals surface area (Å²) in [4.78, 5) is 11.0. The van der Waals surface area contributed by atoms with Crippen LogP contribution in [0.1, 0.15) is 23.7 Å². The Labute approximate surface area is 124 Å². The van der Waals surface area contributed by atoms with Crippen LogP contribution >= 0.6 is 0 Å². The summed E-state index contributed by atoms with van der Waals surface area (Å²) in [6.07, 6.45) is 5.79. The van der Waals surface area contributed by atoms with E-state index in [2.05, 4.69) is 5.92 Å². The van der Waals surface area contributed by atoms with Crippen LogP contribution in [0.25, 0.3) is 0 Å². The third-order valence-corrected chi connectivity index (χ3v) is 4.62. The molecular weight excluding hydrogens is 294 g/mol. The lowest BCUT2D eigenvalue weighted by Gasteiger charge is -2.19. The fourth-order valence-corrected chi connectivity index (χ4v) is 3.27. The average molecular weight is 311 g/mol. The van der Waals surface area contributed by atoms with E-state index in [1.807, 2.05) is 6.92 Å². The number of benzene rings is 1. The summed E-state index contributed by atoms with van der Waals surface area (Å²) in [6, 6.07) is 3.70. The number of carboxylic acid groups (broad SMARTS) is 1. The summed E-state index contributed by atoms with van der Waals surface area (Å²) in [6.45, 7) is 2.03. The molecular formula is C14H17NO5S. The van der Waals surface area contributed by atoms with Crippen LogP contribution in [0, 0.1) is 12.3 Å². The molecule has 0 amide bonds. The van der Waals surface area contributed by atoms with E-state index in [9.17, 15) is 13.2 Å². The van der Waals surface area contributed by atoms with Crippen molar-refractivity contribution in [3.05, 3.63) is 23.8 Å². The summed E-state index contributed by atoms with van der Waals surface area (Å²) in [5.41, 5.74) is -0.212. The van der Waals surface area contributed by atoms with Gasteiger partial charge in [0.25, 0.3) is 0 Å². The lowest BCUT2D eigenvalue weighted by molar-refractivity contribution is 0.0693. The van der Waals surface area contributed by atoms with Gasteiger partial charge in [0.05, 0.1) is 18.6 Å². The molecule has 1 N–H and O–H groups in total. The van der Waals surface area contributed by atoms with Crippen molar-refractivity contribution in [1.82, 2.24) is 4.31 Å². The Kier molecular flexibility index (Phi) is 5.76. The predicted octanol–water partition coefficient (Wildman–Crippen LogP) is 1.43. The molecule has 0 fully saturated rings. The summed E-state index contributed by atoms with van der Waals surface area (Å²) in [7, 11) is -2.52. The number of carbonyl (C=O) groups is 1. The molecule has 1 aromatic rings. The van der Waals surface area contributed by atoms with Crippen LogP contribution in [0.15, 0.2) is 23.1 Å². The van der Waals surface area contributed by atoms with E-state index in [4.69, 9.17) is 16.3 Å². The van der Waals surface area contributed by atoms with Crippen LogP contribution in [-0.2, 0) is 10.0 Å². The van der Waals surface area contributed by atoms with Crippen molar-refractivity contribution in [1.29, 1.82) is 0 Å². The van der Waals surface area contributed by atoms with Crippen molar-refractivity contribution in [3.63, 3.8) is 0 Å². The van der Waals surface area contributed by atoms with Crippen LogP contribution in [0.4, 0.5) is 0 Å². The molecule has 7 heteroatoms. The smallest absolute Gasteiger partial charge is 0.339 e. The number of sulfonamides is 1. The van der Waals surface area contributed by atoms with Crippen molar-refractivity contribution in [2.24, 2.45) is 0 Å². The lowest BCUT2D eigenvalue weighted by Crippen LogP contribution is -2.32. The van der Waals surface area contributed by atoms with Gasteiger partial charge >= 0.3 is 5.97 Å². The second-order valence-corrected chi connectivity index (χ2v) is 6.15. The first-order valence-corrected chi connectivity index (χ1v) is 7.67. The number of hydrogen-bond acceptors (Lipinski definition) is 4. The highest BCUT2D eigenvalue weighted by Crippen LogP contribution is 2.24. The Morgan fingerprint density at radius 3 is 2.62 bits per heavy atom. The summed E-state index contributed by atoms with van der Waals surface area (Å²) >= 11 is 0. The third kappa shape index (κ3) is 3.74. The van der Waals surface area contributed by atoms with Crippen molar-refractivity contribution >= 4 is 16.0 Å². The van der Waals surface area contributed by atoms with Gasteiger partial charge in [0.15, 0.2) is 0 Å². The van der Waals surface area contributed by atoms with Crippen LogP contribution in [0.2, 0.25) is 0 Å². The van der Waals surface area contributed by atoms with E-state index in [0.717, 1.165) is 10.4 Å². The minimum absolute atomic E-state index is 0.0649. The van der Waals surface area contributed by atoms with E-state index in [-0.39, 0.29) is 29.3 Å². The van der Waals surface area contributed by atoms with Crippen molar-refractivity contribution in [2.75, 3.05) is 20.2 Å². The molecule has 6 nitrogen and oxygen atoms in total. The molecule has 0 heterocycles. The summed E-state index contributed by atoms with van der Waals surface area (Å²) in [5, 5.41) is 9.11. The second-order valence-electron chi connectivity index (χ2n) is 4.21. The van der Waals surface area contributed by atoms with Gasteiger partial charge in [0.1, 0.15) is 11.3 Å². The minimum Gasteiger partial charge on any atom is -0.496 e. The molecule has 0 unspecified atom stereocenters. The highest BCUT2D eigenvalue weighted by molar-refractivity contribution is 7.89. The number of ether oxygens (including phenoxy) is 1. The number of aromatic carboxylic acids is 1. The quantitative estimate of drug-likeness (QED) is 0.770. The molecule has 0 aromatic heterocycles. The number of hydrogen-bond donors (Lipinski definition) is 1. The Morgan fingerprint density at radius 1 is 1.48 bits per heavy atom. The van der Waals surface area contributed by atoms with E-state index < -0.39 is 16.0 Å². The maximum absolute atomic E-state index is 12.5. The molecule has 0 saturated heterocycles. The highest BCUT2D eigenvalue weighted by atomic mass is 32.2. The van der Waals surface area contributed by atoms with Crippen molar-refractivity contribution in [2.45, 2.75) is 18.2 Å². The Morgan fingerprint density at radius 2 is 2.14 bits per heavy atom. The van der Waals surface area contributed by atoms with E-state index in [1.165, 1.54) is 19.2 Å². The standard InChI is InChI=1S/C14H17NO5S/c1-4-8-15(9-5-2)21(18,19)11-6-7-13(20-3)12(10-11)14(16)17/h1,6-7,10H,5,8-9H2,2-3H3,(H,16,17). The van der Waals surface area contributed by atoms with Crippen LogP contribution < -0.4 is 4.74 Å². The topological polar surface area (TPSA) is 83.9 Å². The fourth-order valence-electron chi connectivity index (χ4n) is 1.80. The van der Waals surface area contributed by atoms with Gasteiger partial charge in [-0.3, -0.25) is 0 Å². The predicted molar refractivity (Wildman–Crippen MR) is 77.8 cm³/mol. The van der Waals surface area contributed by atoms with Gasteiger partial charge in [-0.1, -0.05) is 12.8 Å². The second kappa shape index (κ2) is 7.11. The molecule has 0 bridgehead atoms. The van der Waals surface area contributed by atoms with Gasteiger partial charge < -0.3 is 9.84 Å². The van der Waals surface area contributed by atoms with E-state index in [1.54, 1.807) is 0 Å². The van der Waals surface area contributed by atoms with E-state index in [0.29, 0.717) is 6.42 Å². The molecule has 21 heavy (non-hydrogen) atoms. The number of terminal acetylenes is 1. The summed E-state index contributed by atoms with van der Waals surface area (Å²) < 4.78 is 31.0. The monoisotopic (exact) mass is 311 g/mol. The first-order valence-electron chi connectivity index (χ1n) is 6.23. The SMILES string of the molecule is C#CCN(CCC)S(=O)(=O)c1ccc(OC)c(C(=O)O)c1. The van der Waals surface area contributed by atoms with Crippen LogP contribution in [-0.4, -0.2) is 44.0 Å². The third-order valence-electron chi connectivity index (χ3n) is 2.78. The molecule has 0 aliphatic carbocycles. The minimum atomic E-state index is -3.83. The zero-order valence-corrected chi connectivity index (χ0v) is 12.7. The molecule has 1 rings (SSSR count). The molecule has 1 aromatic carbocycles. The lowest BCUT2D eigenvalue weighted by atomic mass is 10.2. The van der Waals surface area contributed by atoms with Crippen LogP contribution in [0.3, 0.4) is 0 Å². The molecule has 0 saturated carbocycles. The molecule has 0 spiro atoms. The normalized spacial score (nSPS) is 11.1. The Bertz CT molecular complexity index is 660. The Balaban J connectivity index is 3.34. The summed E-state index contributed by atoms with van der Waals surface area (Å²) in [5.74, 6) is 1.13. The molecule has 0 atom stereocenters. The van der Waals surface area contributed by atoms with Gasteiger partial charge in [0, 0.05) is 6.54 Å².